The first kappa shape index (κ1) is 12.0. The zero-order valence-corrected chi connectivity index (χ0v) is 9.58. The molecule has 1 N–H and O–H groups in total. The number of rotatable bonds is 3. The van der Waals surface area contributed by atoms with Crippen molar-refractivity contribution in [3.63, 3.8) is 0 Å². The predicted octanol–water partition coefficient (Wildman–Crippen LogP) is 0.769. The Kier molecular flexibility index (Phi) is 3.36. The van der Waals surface area contributed by atoms with Crippen molar-refractivity contribution in [1.82, 2.24) is 9.78 Å². The molecule has 0 aromatic carbocycles. The van der Waals surface area contributed by atoms with Crippen molar-refractivity contribution in [2.24, 2.45) is 0 Å². The Morgan fingerprint density at radius 2 is 2.40 bits per heavy atom. The van der Waals surface area contributed by atoms with E-state index in [9.17, 15) is 9.90 Å². The third-order valence-electron chi connectivity index (χ3n) is 2.13. The van der Waals surface area contributed by atoms with Gasteiger partial charge in [0.05, 0.1) is 30.6 Å². The zero-order valence-electron chi connectivity index (χ0n) is 8.82. The number of carbonyl (C=O) groups excluding carboxylic acids is 1. The largest absolute Gasteiger partial charge is 0.467 e. The summed E-state index contributed by atoms with van der Waals surface area (Å²) >= 11 is 5.79. The van der Waals surface area contributed by atoms with E-state index in [1.165, 1.54) is 24.9 Å². The Morgan fingerprint density at radius 3 is 2.80 bits per heavy atom. The Hall–Kier alpha value is -1.07. The fourth-order valence-corrected chi connectivity index (χ4v) is 1.30. The molecule has 0 fully saturated rings. The highest BCUT2D eigenvalue weighted by Gasteiger charge is 2.32. The van der Waals surface area contributed by atoms with Crippen LogP contribution in [0.4, 0.5) is 0 Å². The summed E-state index contributed by atoms with van der Waals surface area (Å²) in [5, 5.41) is 14.2. The van der Waals surface area contributed by atoms with Gasteiger partial charge in [-0.05, 0) is 13.8 Å². The Labute approximate surface area is 92.6 Å². The number of nitrogens with zero attached hydrogens (tertiary/aromatic N) is 2. The quantitative estimate of drug-likeness (QED) is 0.782. The van der Waals surface area contributed by atoms with E-state index in [0.29, 0.717) is 10.7 Å². The molecule has 0 spiro atoms. The van der Waals surface area contributed by atoms with E-state index in [1.54, 1.807) is 6.92 Å². The molecule has 15 heavy (non-hydrogen) atoms. The molecule has 1 atom stereocenters. The summed E-state index contributed by atoms with van der Waals surface area (Å²) in [6.45, 7) is 3.13. The second kappa shape index (κ2) is 4.20. The first-order chi connectivity index (χ1) is 6.88. The molecular formula is C9H13ClN2O3. The van der Waals surface area contributed by atoms with Gasteiger partial charge >= 0.3 is 5.97 Å². The Balaban J connectivity index is 2.86. The number of ether oxygens (including phenoxy) is 1. The summed E-state index contributed by atoms with van der Waals surface area (Å²) in [6, 6.07) is 0. The number of aromatic nitrogens is 2. The molecule has 0 aliphatic carbocycles. The Morgan fingerprint density at radius 1 is 1.80 bits per heavy atom. The summed E-state index contributed by atoms with van der Waals surface area (Å²) in [5.41, 5.74) is -0.907. The molecule has 1 heterocycles. The molecule has 1 aromatic heterocycles. The van der Waals surface area contributed by atoms with Crippen LogP contribution in [-0.2, 0) is 16.1 Å². The minimum absolute atomic E-state index is 0.0121. The van der Waals surface area contributed by atoms with E-state index < -0.39 is 11.6 Å². The van der Waals surface area contributed by atoms with Gasteiger partial charge in [0.25, 0.3) is 0 Å². The number of esters is 1. The highest BCUT2D eigenvalue weighted by atomic mass is 35.5. The minimum Gasteiger partial charge on any atom is -0.467 e. The van der Waals surface area contributed by atoms with Crippen molar-refractivity contribution in [3.8, 4) is 0 Å². The van der Waals surface area contributed by atoms with Crippen molar-refractivity contribution in [1.29, 1.82) is 0 Å². The fraction of sp³-hybridized carbons (Fsp3) is 0.556. The molecule has 1 unspecified atom stereocenters. The number of aliphatic hydroxyl groups is 1. The van der Waals surface area contributed by atoms with Crippen LogP contribution in [0.2, 0.25) is 5.02 Å². The summed E-state index contributed by atoms with van der Waals surface area (Å²) in [4.78, 5) is 11.2. The number of methoxy groups -OCH3 is 1. The van der Waals surface area contributed by atoms with Crippen LogP contribution in [0.1, 0.15) is 12.6 Å². The lowest BCUT2D eigenvalue weighted by atomic mass is 10.1. The first-order valence-electron chi connectivity index (χ1n) is 4.37. The molecule has 0 radical (unpaired) electrons. The molecule has 0 aliphatic heterocycles. The number of halogens is 1. The third-order valence-corrected chi connectivity index (χ3v) is 2.50. The van der Waals surface area contributed by atoms with Gasteiger partial charge in [-0.1, -0.05) is 11.6 Å². The van der Waals surface area contributed by atoms with Crippen molar-refractivity contribution in [3.05, 3.63) is 16.9 Å². The van der Waals surface area contributed by atoms with Crippen LogP contribution in [-0.4, -0.2) is 33.6 Å². The molecule has 6 heteroatoms. The molecule has 0 saturated heterocycles. The fourth-order valence-electron chi connectivity index (χ4n) is 1.16. The van der Waals surface area contributed by atoms with Gasteiger partial charge in [-0.25, -0.2) is 4.79 Å². The highest BCUT2D eigenvalue weighted by molar-refractivity contribution is 6.31. The first-order valence-corrected chi connectivity index (χ1v) is 4.75. The standard InChI is InChI=1S/C9H13ClN2O3/c1-6-7(10)4-11-12(6)5-9(2,14)8(13)15-3/h4,14H,5H2,1-3H3. The van der Waals surface area contributed by atoms with Gasteiger partial charge in [-0.15, -0.1) is 0 Å². The minimum atomic E-state index is -1.60. The lowest BCUT2D eigenvalue weighted by molar-refractivity contribution is -0.162. The topological polar surface area (TPSA) is 64.3 Å². The predicted molar refractivity (Wildman–Crippen MR) is 54.6 cm³/mol. The van der Waals surface area contributed by atoms with E-state index in [1.807, 2.05) is 0 Å². The molecule has 0 amide bonds. The lowest BCUT2D eigenvalue weighted by Gasteiger charge is -2.20. The Bertz CT molecular complexity index is 373. The second-order valence-electron chi connectivity index (χ2n) is 3.50. The maximum atomic E-state index is 11.2. The van der Waals surface area contributed by atoms with Gasteiger partial charge in [0, 0.05) is 0 Å². The maximum Gasteiger partial charge on any atom is 0.339 e. The van der Waals surface area contributed by atoms with E-state index in [-0.39, 0.29) is 6.54 Å². The van der Waals surface area contributed by atoms with Crippen LogP contribution in [0.25, 0.3) is 0 Å². The molecule has 1 aromatic rings. The molecule has 0 bridgehead atoms. The third kappa shape index (κ3) is 2.49. The molecular weight excluding hydrogens is 220 g/mol. The van der Waals surface area contributed by atoms with Crippen molar-refractivity contribution in [2.75, 3.05) is 7.11 Å². The zero-order chi connectivity index (χ0) is 11.6. The maximum absolute atomic E-state index is 11.2. The summed E-state index contributed by atoms with van der Waals surface area (Å²) < 4.78 is 5.93. The van der Waals surface area contributed by atoms with Crippen LogP contribution in [0.3, 0.4) is 0 Å². The van der Waals surface area contributed by atoms with Gasteiger partial charge in [0.1, 0.15) is 0 Å². The van der Waals surface area contributed by atoms with Crippen molar-refractivity contribution in [2.45, 2.75) is 26.0 Å². The van der Waals surface area contributed by atoms with Gasteiger partial charge in [0.2, 0.25) is 0 Å². The van der Waals surface area contributed by atoms with Gasteiger partial charge < -0.3 is 9.84 Å². The van der Waals surface area contributed by atoms with Crippen molar-refractivity contribution >= 4 is 17.6 Å². The second-order valence-corrected chi connectivity index (χ2v) is 3.91. The molecule has 84 valence electrons. The molecule has 5 nitrogen and oxygen atoms in total. The van der Waals surface area contributed by atoms with E-state index >= 15 is 0 Å². The van der Waals surface area contributed by atoms with Crippen molar-refractivity contribution < 1.29 is 14.6 Å². The van der Waals surface area contributed by atoms with Gasteiger partial charge in [0.15, 0.2) is 5.60 Å². The summed E-state index contributed by atoms with van der Waals surface area (Å²) in [5.74, 6) is -0.700. The highest BCUT2D eigenvalue weighted by Crippen LogP contribution is 2.16. The normalized spacial score (nSPS) is 14.7. The summed E-state index contributed by atoms with van der Waals surface area (Å²) in [7, 11) is 1.22. The van der Waals surface area contributed by atoms with Gasteiger partial charge in [-0.2, -0.15) is 5.10 Å². The summed E-state index contributed by atoms with van der Waals surface area (Å²) in [6.07, 6.45) is 1.46. The van der Waals surface area contributed by atoms with E-state index in [4.69, 9.17) is 11.6 Å². The van der Waals surface area contributed by atoms with Crippen LogP contribution >= 0.6 is 11.6 Å². The van der Waals surface area contributed by atoms with Crippen LogP contribution in [0, 0.1) is 6.92 Å². The van der Waals surface area contributed by atoms with E-state index in [2.05, 4.69) is 9.84 Å². The van der Waals surface area contributed by atoms with E-state index in [0.717, 1.165) is 0 Å². The number of carbonyl (C=O) groups is 1. The average molecular weight is 233 g/mol. The SMILES string of the molecule is COC(=O)C(C)(O)Cn1ncc(Cl)c1C. The van der Waals surface area contributed by atoms with Crippen LogP contribution in [0.15, 0.2) is 6.20 Å². The number of hydrogen-bond donors (Lipinski definition) is 1. The van der Waals surface area contributed by atoms with Gasteiger partial charge in [-0.3, -0.25) is 4.68 Å². The molecule has 1 rings (SSSR count). The van der Waals surface area contributed by atoms with Crippen LogP contribution in [0.5, 0.6) is 0 Å². The number of hydrogen-bond acceptors (Lipinski definition) is 4. The average Bonchev–Trinajstić information content (AvgIpc) is 2.48. The smallest absolute Gasteiger partial charge is 0.339 e. The molecule has 0 saturated carbocycles. The lowest BCUT2D eigenvalue weighted by Crippen LogP contribution is -2.41. The van der Waals surface area contributed by atoms with Crippen LogP contribution < -0.4 is 0 Å². The monoisotopic (exact) mass is 232 g/mol. The molecule has 0 aliphatic rings.